The quantitative estimate of drug-likeness (QED) is 0.444. The van der Waals surface area contributed by atoms with Gasteiger partial charge in [0.05, 0.1) is 0 Å². The molecular formula is C30H48O4. The molecule has 0 amide bonds. The minimum Gasteiger partial charge on any atom is -0.463 e. The fourth-order valence-corrected chi connectivity index (χ4v) is 10.4. The average molecular weight is 473 g/mol. The van der Waals surface area contributed by atoms with Gasteiger partial charge >= 0.3 is 5.97 Å². The van der Waals surface area contributed by atoms with Crippen molar-refractivity contribution in [2.75, 3.05) is 0 Å². The molecule has 1 N–H and O–H groups in total. The summed E-state index contributed by atoms with van der Waals surface area (Å²) in [6, 6.07) is 0. The number of hydrogen-bond donors (Lipinski definition) is 1. The highest BCUT2D eigenvalue weighted by molar-refractivity contribution is 5.90. The first-order valence-corrected chi connectivity index (χ1v) is 14.0. The van der Waals surface area contributed by atoms with Crippen molar-refractivity contribution in [2.24, 2.45) is 44.8 Å². The Labute approximate surface area is 207 Å². The molecule has 0 aromatic rings. The number of aliphatic hydroxyl groups is 1. The van der Waals surface area contributed by atoms with Gasteiger partial charge in [-0.1, -0.05) is 41.5 Å². The Kier molecular flexibility index (Phi) is 5.34. The van der Waals surface area contributed by atoms with Crippen molar-refractivity contribution in [3.63, 3.8) is 0 Å². The fraction of sp³-hybridized carbons (Fsp3) is 0.933. The van der Waals surface area contributed by atoms with E-state index in [1.807, 2.05) is 0 Å². The Morgan fingerprint density at radius 2 is 1.59 bits per heavy atom. The van der Waals surface area contributed by atoms with Crippen LogP contribution in [0.4, 0.5) is 0 Å². The van der Waals surface area contributed by atoms with E-state index in [0.29, 0.717) is 12.3 Å². The second-order valence-corrected chi connectivity index (χ2v) is 15.0. The zero-order chi connectivity index (χ0) is 24.9. The number of carbonyl (C=O) groups excluding carboxylic acids is 2. The lowest BCUT2D eigenvalue weighted by atomic mass is 9.31. The van der Waals surface area contributed by atoms with Crippen molar-refractivity contribution in [2.45, 2.75) is 131 Å². The van der Waals surface area contributed by atoms with Crippen molar-refractivity contribution in [1.82, 2.24) is 0 Å². The van der Waals surface area contributed by atoms with E-state index in [4.69, 9.17) is 4.74 Å². The Morgan fingerprint density at radius 3 is 2.26 bits per heavy atom. The fourth-order valence-electron chi connectivity index (χ4n) is 10.4. The zero-order valence-corrected chi connectivity index (χ0v) is 22.8. The first-order valence-electron chi connectivity index (χ1n) is 14.0. The summed E-state index contributed by atoms with van der Waals surface area (Å²) in [5.74, 6) is 0.776. The number of esters is 1. The molecule has 4 nitrogen and oxygen atoms in total. The van der Waals surface area contributed by atoms with E-state index in [-0.39, 0.29) is 51.4 Å². The molecule has 0 spiro atoms. The molecule has 0 aromatic heterocycles. The first kappa shape index (κ1) is 24.8. The van der Waals surface area contributed by atoms with Crippen LogP contribution in [0.5, 0.6) is 0 Å². The molecule has 5 aliphatic rings. The molecule has 5 rings (SSSR count). The van der Waals surface area contributed by atoms with Gasteiger partial charge in [-0.2, -0.15) is 0 Å². The van der Waals surface area contributed by atoms with Crippen molar-refractivity contribution >= 4 is 11.8 Å². The molecule has 0 unspecified atom stereocenters. The summed E-state index contributed by atoms with van der Waals surface area (Å²) in [5.41, 5.74) is -1.37. The third-order valence-corrected chi connectivity index (χ3v) is 13.0. The third-order valence-electron chi connectivity index (χ3n) is 13.0. The van der Waals surface area contributed by atoms with Gasteiger partial charge in [0.25, 0.3) is 0 Å². The molecular weight excluding hydrogens is 424 g/mol. The maximum absolute atomic E-state index is 14.3. The Balaban J connectivity index is 1.53. The number of fused-ring (bicyclic) bond motifs is 7. The number of Topliss-reactive ketones (excluding diaryl/α,β-unsaturated/α-hetero) is 1. The van der Waals surface area contributed by atoms with Gasteiger partial charge < -0.3 is 9.84 Å². The van der Waals surface area contributed by atoms with Gasteiger partial charge in [-0.25, -0.2) is 0 Å². The van der Waals surface area contributed by atoms with Gasteiger partial charge in [-0.15, -0.1) is 0 Å². The Bertz CT molecular complexity index is 894. The summed E-state index contributed by atoms with van der Waals surface area (Å²) in [6.45, 7) is 15.7. The molecule has 192 valence electrons. The van der Waals surface area contributed by atoms with Crippen LogP contribution in [0.1, 0.15) is 119 Å². The van der Waals surface area contributed by atoms with E-state index in [2.05, 4.69) is 41.5 Å². The molecule has 0 aliphatic heterocycles. The average Bonchev–Trinajstić information content (AvgIpc) is 2.74. The summed E-state index contributed by atoms with van der Waals surface area (Å²) < 4.78 is 5.63. The largest absolute Gasteiger partial charge is 0.463 e. The van der Waals surface area contributed by atoms with Gasteiger partial charge in [0.2, 0.25) is 0 Å². The summed E-state index contributed by atoms with van der Waals surface area (Å²) >= 11 is 0. The second-order valence-electron chi connectivity index (χ2n) is 15.0. The van der Waals surface area contributed by atoms with Crippen molar-refractivity contribution in [1.29, 1.82) is 0 Å². The molecule has 5 saturated carbocycles. The van der Waals surface area contributed by atoms with E-state index in [0.717, 1.165) is 57.8 Å². The lowest BCUT2D eigenvalue weighted by Gasteiger charge is -2.74. The first-order chi connectivity index (χ1) is 15.6. The van der Waals surface area contributed by atoms with Gasteiger partial charge in [0.1, 0.15) is 11.7 Å². The molecule has 0 bridgehead atoms. The Morgan fingerprint density at radius 1 is 0.912 bits per heavy atom. The van der Waals surface area contributed by atoms with Crippen LogP contribution < -0.4 is 0 Å². The van der Waals surface area contributed by atoms with E-state index >= 15 is 0 Å². The van der Waals surface area contributed by atoms with Gasteiger partial charge in [0.15, 0.2) is 5.78 Å². The maximum Gasteiger partial charge on any atom is 0.302 e. The summed E-state index contributed by atoms with van der Waals surface area (Å²) in [5, 5.41) is 12.7. The summed E-state index contributed by atoms with van der Waals surface area (Å²) in [6.07, 6.45) is 10.8. The van der Waals surface area contributed by atoms with Gasteiger partial charge in [-0.05, 0) is 97.7 Å². The van der Waals surface area contributed by atoms with Crippen LogP contribution in [0.2, 0.25) is 0 Å². The summed E-state index contributed by atoms with van der Waals surface area (Å²) in [4.78, 5) is 25.9. The summed E-state index contributed by atoms with van der Waals surface area (Å²) in [7, 11) is 0. The zero-order valence-electron chi connectivity index (χ0n) is 22.8. The van der Waals surface area contributed by atoms with E-state index in [9.17, 15) is 14.7 Å². The highest BCUT2D eigenvalue weighted by Gasteiger charge is 2.76. The van der Waals surface area contributed by atoms with Crippen molar-refractivity contribution in [3.05, 3.63) is 0 Å². The van der Waals surface area contributed by atoms with E-state index < -0.39 is 11.0 Å². The predicted octanol–water partition coefficient (Wildman–Crippen LogP) is 6.48. The lowest BCUT2D eigenvalue weighted by molar-refractivity contribution is -0.286. The molecule has 34 heavy (non-hydrogen) atoms. The second kappa shape index (κ2) is 7.33. The van der Waals surface area contributed by atoms with E-state index in [1.54, 1.807) is 0 Å². The number of carbonyl (C=O) groups is 2. The molecule has 0 radical (unpaired) electrons. The predicted molar refractivity (Wildman–Crippen MR) is 133 cm³/mol. The third kappa shape index (κ3) is 3.05. The maximum atomic E-state index is 14.3. The SMILES string of the molecule is CC(=O)O[C@H]1CC[C@@]2(C)[C@@H](CC[C@]3(C)[C@@H]2CC(=O)[C@]2(O)[C@@H]4CC(C)(C)CC[C@]4(C)CC[C@@]32C)C1. The standard InChI is InChI=1S/C30H48O4/c1-19(31)34-21-9-10-27(5)20(16-21)8-11-28(6)22(27)17-24(32)30(33)23-18-25(2,3)12-13-26(23,4)14-15-29(28,30)7/h20-23,33H,8-18H2,1-7H3/t20-,21-,22+,23+,26+,27-,28+,29-,30+/m0/s1. The molecule has 0 aromatic carbocycles. The van der Waals surface area contributed by atoms with Crippen LogP contribution in [0, 0.1) is 44.8 Å². The van der Waals surface area contributed by atoms with Crippen LogP contribution in [0.3, 0.4) is 0 Å². The van der Waals surface area contributed by atoms with Crippen LogP contribution >= 0.6 is 0 Å². The number of rotatable bonds is 1. The molecule has 0 saturated heterocycles. The molecule has 4 heteroatoms. The number of ether oxygens (including phenoxy) is 1. The van der Waals surface area contributed by atoms with Crippen molar-refractivity contribution < 1.29 is 19.4 Å². The Hall–Kier alpha value is -0.900. The van der Waals surface area contributed by atoms with E-state index in [1.165, 1.54) is 13.3 Å². The van der Waals surface area contributed by atoms with Crippen molar-refractivity contribution in [3.8, 4) is 0 Å². The van der Waals surface area contributed by atoms with Gasteiger partial charge in [0, 0.05) is 24.7 Å². The highest BCUT2D eigenvalue weighted by Crippen LogP contribution is 2.76. The molecule has 5 aliphatic carbocycles. The van der Waals surface area contributed by atoms with Crippen LogP contribution in [0.25, 0.3) is 0 Å². The molecule has 9 atom stereocenters. The minimum atomic E-state index is -1.22. The lowest BCUT2D eigenvalue weighted by Crippen LogP contribution is -2.76. The highest BCUT2D eigenvalue weighted by atomic mass is 16.5. The van der Waals surface area contributed by atoms with Gasteiger partial charge in [-0.3, -0.25) is 9.59 Å². The molecule has 5 fully saturated rings. The monoisotopic (exact) mass is 472 g/mol. The normalized spacial score (nSPS) is 54.2. The number of hydrogen-bond acceptors (Lipinski definition) is 4. The topological polar surface area (TPSA) is 63.6 Å². The number of ketones is 1. The van der Waals surface area contributed by atoms with Crippen LogP contribution in [-0.4, -0.2) is 28.6 Å². The van der Waals surface area contributed by atoms with Crippen LogP contribution in [0.15, 0.2) is 0 Å². The smallest absolute Gasteiger partial charge is 0.302 e. The minimum absolute atomic E-state index is 0.0200. The molecule has 0 heterocycles. The van der Waals surface area contributed by atoms with Crippen LogP contribution in [-0.2, 0) is 14.3 Å².